The van der Waals surface area contributed by atoms with Crippen molar-refractivity contribution >= 4 is 11.6 Å². The number of carbonyl (C=O) groups is 1. The summed E-state index contributed by atoms with van der Waals surface area (Å²) in [5.74, 6) is 0.739. The van der Waals surface area contributed by atoms with Gasteiger partial charge in [0.05, 0.1) is 12.6 Å². The molecule has 5 heteroatoms. The Morgan fingerprint density at radius 2 is 2.00 bits per heavy atom. The highest BCUT2D eigenvalue weighted by molar-refractivity contribution is 5.81. The van der Waals surface area contributed by atoms with Crippen LogP contribution >= 0.6 is 0 Å². The van der Waals surface area contributed by atoms with Crippen molar-refractivity contribution < 1.29 is 9.90 Å². The fourth-order valence-corrected chi connectivity index (χ4v) is 3.09. The van der Waals surface area contributed by atoms with E-state index in [-0.39, 0.29) is 5.91 Å². The molecule has 5 nitrogen and oxygen atoms in total. The summed E-state index contributed by atoms with van der Waals surface area (Å²) in [7, 11) is 0. The monoisotopic (exact) mass is 333 g/mol. The van der Waals surface area contributed by atoms with Crippen molar-refractivity contribution in [3.63, 3.8) is 0 Å². The van der Waals surface area contributed by atoms with Crippen LogP contribution in [0.15, 0.2) is 30.3 Å². The average Bonchev–Trinajstić information content (AvgIpc) is 2.60. The molecule has 1 saturated heterocycles. The zero-order valence-electron chi connectivity index (χ0n) is 14.9. The molecule has 1 aliphatic heterocycles. The zero-order chi connectivity index (χ0) is 17.4. The van der Waals surface area contributed by atoms with Crippen LogP contribution in [0.25, 0.3) is 0 Å². The highest BCUT2D eigenvalue weighted by Crippen LogP contribution is 2.16. The maximum Gasteiger partial charge on any atom is 0.239 e. The molecule has 1 fully saturated rings. The van der Waals surface area contributed by atoms with Crippen LogP contribution in [-0.2, 0) is 4.79 Å². The first kappa shape index (κ1) is 18.7. The van der Waals surface area contributed by atoms with Crippen LogP contribution in [0, 0.1) is 5.92 Å². The summed E-state index contributed by atoms with van der Waals surface area (Å²) in [6, 6.07) is 9.92. The Labute approximate surface area is 145 Å². The van der Waals surface area contributed by atoms with Gasteiger partial charge in [-0.1, -0.05) is 25.1 Å². The van der Waals surface area contributed by atoms with Gasteiger partial charge in [-0.15, -0.1) is 0 Å². The number of piperidine rings is 1. The van der Waals surface area contributed by atoms with Crippen LogP contribution in [0.2, 0.25) is 0 Å². The Balaban J connectivity index is 1.70. The van der Waals surface area contributed by atoms with Crippen LogP contribution < -0.4 is 10.2 Å². The van der Waals surface area contributed by atoms with Crippen LogP contribution in [0.1, 0.15) is 26.7 Å². The summed E-state index contributed by atoms with van der Waals surface area (Å²) in [5, 5.41) is 13.0. The van der Waals surface area contributed by atoms with E-state index in [1.807, 2.05) is 42.2 Å². The fraction of sp³-hybridized carbons (Fsp3) is 0.632. The molecule has 134 valence electrons. The third-order valence-corrected chi connectivity index (χ3v) is 4.72. The standard InChI is InChI=1S/C19H31N3O2/c1-3-22(17-7-5-4-6-8-17)15-19(24)20-13-18(23)14-21-11-9-16(2)10-12-21/h4-8,16,18,23H,3,9-15H2,1-2H3,(H,20,24). The van der Waals surface area contributed by atoms with E-state index in [9.17, 15) is 9.90 Å². The molecular formula is C19H31N3O2. The van der Waals surface area contributed by atoms with E-state index in [1.165, 1.54) is 12.8 Å². The number of rotatable bonds is 8. The third-order valence-electron chi connectivity index (χ3n) is 4.72. The van der Waals surface area contributed by atoms with Crippen LogP contribution in [0.5, 0.6) is 0 Å². The van der Waals surface area contributed by atoms with E-state index in [1.54, 1.807) is 0 Å². The SMILES string of the molecule is CCN(CC(=O)NCC(O)CN1CCC(C)CC1)c1ccccc1. The molecule has 0 spiro atoms. The summed E-state index contributed by atoms with van der Waals surface area (Å²) in [6.07, 6.45) is 1.89. The van der Waals surface area contributed by atoms with E-state index < -0.39 is 6.10 Å². The number of hydrogen-bond acceptors (Lipinski definition) is 4. The number of benzene rings is 1. The number of aliphatic hydroxyl groups excluding tert-OH is 1. The predicted octanol–water partition coefficient (Wildman–Crippen LogP) is 1.72. The lowest BCUT2D eigenvalue weighted by Gasteiger charge is -2.31. The molecule has 24 heavy (non-hydrogen) atoms. The number of β-amino-alcohol motifs (C(OH)–C–C–N with tert-alkyl or cyclic N) is 1. The summed E-state index contributed by atoms with van der Waals surface area (Å²) < 4.78 is 0. The van der Waals surface area contributed by atoms with E-state index in [0.717, 1.165) is 31.2 Å². The Kier molecular flexibility index (Phi) is 7.53. The molecule has 1 heterocycles. The Bertz CT molecular complexity index is 487. The van der Waals surface area contributed by atoms with Gasteiger partial charge >= 0.3 is 0 Å². The second kappa shape index (κ2) is 9.64. The van der Waals surface area contributed by atoms with Crippen molar-refractivity contribution in [2.24, 2.45) is 5.92 Å². The molecule has 0 bridgehead atoms. The zero-order valence-corrected chi connectivity index (χ0v) is 14.9. The van der Waals surface area contributed by atoms with Crippen molar-refractivity contribution in [2.45, 2.75) is 32.8 Å². The normalized spacial score (nSPS) is 17.5. The van der Waals surface area contributed by atoms with Gasteiger partial charge < -0.3 is 20.2 Å². The first-order valence-electron chi connectivity index (χ1n) is 9.05. The molecule has 2 rings (SSSR count). The lowest BCUT2D eigenvalue weighted by molar-refractivity contribution is -0.120. The number of aliphatic hydroxyl groups is 1. The molecule has 1 unspecified atom stereocenters. The molecule has 0 saturated carbocycles. The summed E-state index contributed by atoms with van der Waals surface area (Å²) in [4.78, 5) is 16.5. The molecule has 0 aliphatic carbocycles. The first-order chi connectivity index (χ1) is 11.6. The quantitative estimate of drug-likeness (QED) is 0.761. The maximum atomic E-state index is 12.1. The van der Waals surface area contributed by atoms with Crippen molar-refractivity contribution in [2.75, 3.05) is 44.2 Å². The predicted molar refractivity (Wildman–Crippen MR) is 98.2 cm³/mol. The van der Waals surface area contributed by atoms with Crippen molar-refractivity contribution in [3.05, 3.63) is 30.3 Å². The Hall–Kier alpha value is -1.59. The number of likely N-dealkylation sites (N-methyl/N-ethyl adjacent to an activating group) is 1. The number of hydrogen-bond donors (Lipinski definition) is 2. The van der Waals surface area contributed by atoms with Crippen molar-refractivity contribution in [3.8, 4) is 0 Å². The first-order valence-corrected chi connectivity index (χ1v) is 9.05. The molecular weight excluding hydrogens is 302 g/mol. The van der Waals surface area contributed by atoms with E-state index in [0.29, 0.717) is 19.6 Å². The number of nitrogens with one attached hydrogen (secondary N) is 1. The number of anilines is 1. The number of nitrogens with zero attached hydrogens (tertiary/aromatic N) is 2. The highest BCUT2D eigenvalue weighted by Gasteiger charge is 2.19. The minimum atomic E-state index is -0.505. The highest BCUT2D eigenvalue weighted by atomic mass is 16.3. The second-order valence-electron chi connectivity index (χ2n) is 6.79. The Morgan fingerprint density at radius 1 is 1.33 bits per heavy atom. The van der Waals surface area contributed by atoms with E-state index in [4.69, 9.17) is 0 Å². The van der Waals surface area contributed by atoms with Crippen molar-refractivity contribution in [1.29, 1.82) is 0 Å². The van der Waals surface area contributed by atoms with Crippen LogP contribution in [-0.4, -0.2) is 61.3 Å². The topological polar surface area (TPSA) is 55.8 Å². The van der Waals surface area contributed by atoms with E-state index in [2.05, 4.69) is 17.1 Å². The molecule has 1 aromatic carbocycles. The van der Waals surface area contributed by atoms with Gasteiger partial charge in [0, 0.05) is 25.3 Å². The smallest absolute Gasteiger partial charge is 0.239 e. The van der Waals surface area contributed by atoms with Gasteiger partial charge in [0.25, 0.3) is 0 Å². The second-order valence-corrected chi connectivity index (χ2v) is 6.79. The number of para-hydroxylation sites is 1. The van der Waals surface area contributed by atoms with Gasteiger partial charge in [-0.2, -0.15) is 0 Å². The fourth-order valence-electron chi connectivity index (χ4n) is 3.09. The van der Waals surface area contributed by atoms with Crippen molar-refractivity contribution in [1.82, 2.24) is 10.2 Å². The molecule has 0 radical (unpaired) electrons. The number of likely N-dealkylation sites (tertiary alicyclic amines) is 1. The lowest BCUT2D eigenvalue weighted by Crippen LogP contribution is -2.45. The molecule has 1 aliphatic rings. The van der Waals surface area contributed by atoms with Gasteiger partial charge in [-0.05, 0) is 50.9 Å². The molecule has 0 aromatic heterocycles. The van der Waals surface area contributed by atoms with Gasteiger partial charge in [-0.25, -0.2) is 0 Å². The maximum absolute atomic E-state index is 12.1. The minimum Gasteiger partial charge on any atom is -0.390 e. The molecule has 1 atom stereocenters. The molecule has 1 amide bonds. The van der Waals surface area contributed by atoms with Gasteiger partial charge in [-0.3, -0.25) is 4.79 Å². The summed E-state index contributed by atoms with van der Waals surface area (Å²) >= 11 is 0. The number of carbonyl (C=O) groups excluding carboxylic acids is 1. The van der Waals surface area contributed by atoms with Crippen LogP contribution in [0.4, 0.5) is 5.69 Å². The summed E-state index contributed by atoms with van der Waals surface area (Å²) in [6.45, 7) is 8.45. The lowest BCUT2D eigenvalue weighted by atomic mass is 9.99. The van der Waals surface area contributed by atoms with E-state index >= 15 is 0 Å². The minimum absolute atomic E-state index is 0.0491. The van der Waals surface area contributed by atoms with Gasteiger partial charge in [0.2, 0.25) is 5.91 Å². The van der Waals surface area contributed by atoms with Gasteiger partial charge in [0.15, 0.2) is 0 Å². The summed E-state index contributed by atoms with van der Waals surface area (Å²) in [5.41, 5.74) is 1.04. The van der Waals surface area contributed by atoms with Gasteiger partial charge in [0.1, 0.15) is 0 Å². The van der Waals surface area contributed by atoms with Crippen LogP contribution in [0.3, 0.4) is 0 Å². The largest absolute Gasteiger partial charge is 0.390 e. The molecule has 2 N–H and O–H groups in total. The Morgan fingerprint density at radius 3 is 2.62 bits per heavy atom. The average molecular weight is 333 g/mol. The number of amides is 1. The third kappa shape index (κ3) is 6.13. The molecule has 1 aromatic rings.